The molecule has 0 spiro atoms. The number of carbonyl (C=O) groups excluding carboxylic acids is 1. The fourth-order valence-corrected chi connectivity index (χ4v) is 1.75. The van der Waals surface area contributed by atoms with E-state index in [9.17, 15) is 4.79 Å². The fraction of sp³-hybridized carbons (Fsp3) is 0.333. The molecule has 4 heteroatoms. The predicted molar refractivity (Wildman–Crippen MR) is 66.1 cm³/mol. The van der Waals surface area contributed by atoms with E-state index in [2.05, 4.69) is 11.6 Å². The first kappa shape index (κ1) is 12.2. The number of hydrogen-bond acceptors (Lipinski definition) is 2. The lowest BCUT2D eigenvalue weighted by atomic mass is 10.1. The predicted octanol–water partition coefficient (Wildman–Crippen LogP) is 2.38. The normalized spacial score (nSPS) is 20.2. The zero-order valence-corrected chi connectivity index (χ0v) is 10.2. The minimum absolute atomic E-state index is 0.0880. The third-order valence-corrected chi connectivity index (χ3v) is 2.55. The van der Waals surface area contributed by atoms with Gasteiger partial charge in [0, 0.05) is 31.6 Å². The molecule has 0 radical (unpaired) electrons. The minimum Gasteiger partial charge on any atom is -0.297 e. The Morgan fingerprint density at radius 2 is 1.94 bits per heavy atom. The monoisotopic (exact) mass is 219 g/mol. The van der Waals surface area contributed by atoms with Gasteiger partial charge in [-0.2, -0.15) is 0 Å². The van der Waals surface area contributed by atoms with Gasteiger partial charge in [0.05, 0.1) is 0 Å². The molecule has 0 saturated heterocycles. The molecule has 16 heavy (non-hydrogen) atoms. The van der Waals surface area contributed by atoms with Gasteiger partial charge >= 0.3 is 6.03 Å². The molecular weight excluding hydrogens is 202 g/mol. The van der Waals surface area contributed by atoms with Crippen LogP contribution in [0.1, 0.15) is 13.8 Å². The fourth-order valence-electron chi connectivity index (χ4n) is 1.75. The SMILES string of the molecule is C=C/C=N\C1=C(C)C(=CC)N(C)C(=O)N1C. The number of carbonyl (C=O) groups is 1. The minimum atomic E-state index is -0.0880. The lowest BCUT2D eigenvalue weighted by Gasteiger charge is -2.33. The third-order valence-electron chi connectivity index (χ3n) is 2.55. The Morgan fingerprint density at radius 3 is 2.44 bits per heavy atom. The average Bonchev–Trinajstić information content (AvgIpc) is 2.27. The van der Waals surface area contributed by atoms with Crippen molar-refractivity contribution in [3.63, 3.8) is 0 Å². The van der Waals surface area contributed by atoms with Gasteiger partial charge in [-0.3, -0.25) is 9.80 Å². The second-order valence-electron chi connectivity index (χ2n) is 3.54. The molecular formula is C12H17N3O. The van der Waals surface area contributed by atoms with Crippen LogP contribution in [-0.4, -0.2) is 36.1 Å². The van der Waals surface area contributed by atoms with Gasteiger partial charge in [-0.1, -0.05) is 18.7 Å². The van der Waals surface area contributed by atoms with Gasteiger partial charge in [0.1, 0.15) is 5.82 Å². The maximum atomic E-state index is 11.9. The van der Waals surface area contributed by atoms with E-state index in [0.29, 0.717) is 5.82 Å². The van der Waals surface area contributed by atoms with Crippen molar-refractivity contribution in [3.8, 4) is 0 Å². The smallest absolute Gasteiger partial charge is 0.297 e. The van der Waals surface area contributed by atoms with Crippen LogP contribution in [0.25, 0.3) is 0 Å². The summed E-state index contributed by atoms with van der Waals surface area (Å²) in [5.41, 5.74) is 1.87. The zero-order valence-electron chi connectivity index (χ0n) is 10.2. The van der Waals surface area contributed by atoms with Crippen molar-refractivity contribution >= 4 is 12.2 Å². The van der Waals surface area contributed by atoms with Crippen molar-refractivity contribution in [2.45, 2.75) is 13.8 Å². The molecule has 0 aliphatic carbocycles. The lowest BCUT2D eigenvalue weighted by Crippen LogP contribution is -2.42. The average molecular weight is 219 g/mol. The van der Waals surface area contributed by atoms with E-state index in [1.807, 2.05) is 19.9 Å². The van der Waals surface area contributed by atoms with Crippen LogP contribution in [0, 0.1) is 0 Å². The number of allylic oxidation sites excluding steroid dienone is 3. The van der Waals surface area contributed by atoms with Crippen molar-refractivity contribution < 1.29 is 4.79 Å². The summed E-state index contributed by atoms with van der Waals surface area (Å²) in [4.78, 5) is 19.3. The maximum Gasteiger partial charge on any atom is 0.329 e. The van der Waals surface area contributed by atoms with Crippen molar-refractivity contribution in [3.05, 3.63) is 35.8 Å². The van der Waals surface area contributed by atoms with E-state index in [4.69, 9.17) is 0 Å². The summed E-state index contributed by atoms with van der Waals surface area (Å²) >= 11 is 0. The van der Waals surface area contributed by atoms with E-state index in [0.717, 1.165) is 11.3 Å². The van der Waals surface area contributed by atoms with E-state index in [1.165, 1.54) is 4.90 Å². The first-order chi connectivity index (χ1) is 7.54. The van der Waals surface area contributed by atoms with Crippen LogP contribution >= 0.6 is 0 Å². The van der Waals surface area contributed by atoms with Crippen molar-refractivity contribution in [2.75, 3.05) is 14.1 Å². The van der Waals surface area contributed by atoms with Gasteiger partial charge in [0.25, 0.3) is 0 Å². The summed E-state index contributed by atoms with van der Waals surface area (Å²) in [6.07, 6.45) is 5.08. The molecule has 0 bridgehead atoms. The van der Waals surface area contributed by atoms with Crippen LogP contribution in [0.4, 0.5) is 4.79 Å². The molecule has 1 aliphatic rings. The topological polar surface area (TPSA) is 35.9 Å². The Hall–Kier alpha value is -1.84. The van der Waals surface area contributed by atoms with E-state index in [1.54, 1.807) is 31.3 Å². The molecule has 0 aromatic carbocycles. The molecule has 0 atom stereocenters. The quantitative estimate of drug-likeness (QED) is 0.657. The standard InChI is InChI=1S/C12H17N3O/c1-6-8-13-11-9(3)10(7-2)14(4)12(16)15(11)5/h6-8H,1H2,2-5H3/b10-7?,13-8-. The van der Waals surface area contributed by atoms with Gasteiger partial charge in [-0.25, -0.2) is 9.79 Å². The number of nitrogens with zero attached hydrogens (tertiary/aromatic N) is 3. The lowest BCUT2D eigenvalue weighted by molar-refractivity contribution is 0.189. The summed E-state index contributed by atoms with van der Waals surface area (Å²) < 4.78 is 0. The molecule has 0 N–H and O–H groups in total. The Morgan fingerprint density at radius 1 is 1.31 bits per heavy atom. The highest BCUT2D eigenvalue weighted by Crippen LogP contribution is 2.27. The summed E-state index contributed by atoms with van der Waals surface area (Å²) in [5, 5.41) is 0. The zero-order chi connectivity index (χ0) is 12.3. The number of likely N-dealkylation sites (N-methyl/N-ethyl adjacent to an activating group) is 1. The van der Waals surface area contributed by atoms with Crippen molar-refractivity contribution in [1.82, 2.24) is 9.80 Å². The molecule has 86 valence electrons. The van der Waals surface area contributed by atoms with Gasteiger partial charge in [-0.15, -0.1) is 0 Å². The number of rotatable bonds is 2. The molecule has 1 rings (SSSR count). The number of urea groups is 1. The summed E-state index contributed by atoms with van der Waals surface area (Å²) in [6.45, 7) is 7.42. The van der Waals surface area contributed by atoms with Crippen molar-refractivity contribution in [1.29, 1.82) is 0 Å². The maximum absolute atomic E-state index is 11.9. The molecule has 0 saturated carbocycles. The highest BCUT2D eigenvalue weighted by molar-refractivity contribution is 5.82. The Kier molecular flexibility index (Phi) is 3.66. The van der Waals surface area contributed by atoms with E-state index in [-0.39, 0.29) is 6.03 Å². The van der Waals surface area contributed by atoms with Crippen LogP contribution in [0.5, 0.6) is 0 Å². The first-order valence-electron chi connectivity index (χ1n) is 5.08. The van der Waals surface area contributed by atoms with Gasteiger partial charge in [0.2, 0.25) is 0 Å². The number of amides is 2. The van der Waals surface area contributed by atoms with Gasteiger partial charge < -0.3 is 0 Å². The molecule has 4 nitrogen and oxygen atoms in total. The largest absolute Gasteiger partial charge is 0.329 e. The number of aliphatic imine (C=N–C) groups is 1. The first-order valence-corrected chi connectivity index (χ1v) is 5.08. The summed E-state index contributed by atoms with van der Waals surface area (Å²) in [7, 11) is 3.47. The molecule has 0 aromatic heterocycles. The van der Waals surface area contributed by atoms with Crippen LogP contribution < -0.4 is 0 Å². The molecule has 0 unspecified atom stereocenters. The van der Waals surface area contributed by atoms with E-state index < -0.39 is 0 Å². The Labute approximate surface area is 96.3 Å². The van der Waals surface area contributed by atoms with Crippen molar-refractivity contribution in [2.24, 2.45) is 4.99 Å². The number of hydrogen-bond donors (Lipinski definition) is 0. The molecule has 0 aromatic rings. The second kappa shape index (κ2) is 4.79. The van der Waals surface area contributed by atoms with Crippen LogP contribution in [0.15, 0.2) is 40.8 Å². The van der Waals surface area contributed by atoms with Gasteiger partial charge in [0.15, 0.2) is 0 Å². The Bertz CT molecular complexity index is 404. The summed E-state index contributed by atoms with van der Waals surface area (Å²) in [6, 6.07) is -0.0880. The molecule has 2 amide bonds. The molecule has 0 fully saturated rings. The highest BCUT2D eigenvalue weighted by atomic mass is 16.2. The van der Waals surface area contributed by atoms with E-state index >= 15 is 0 Å². The molecule has 1 aliphatic heterocycles. The van der Waals surface area contributed by atoms with Crippen LogP contribution in [0.2, 0.25) is 0 Å². The Balaban J connectivity index is 3.30. The second-order valence-corrected chi connectivity index (χ2v) is 3.54. The third kappa shape index (κ3) is 1.91. The van der Waals surface area contributed by atoms with Crippen LogP contribution in [-0.2, 0) is 0 Å². The highest BCUT2D eigenvalue weighted by Gasteiger charge is 2.28. The molecule has 1 heterocycles. The van der Waals surface area contributed by atoms with Gasteiger partial charge in [-0.05, 0) is 13.8 Å². The summed E-state index contributed by atoms with van der Waals surface area (Å²) in [5.74, 6) is 0.663. The van der Waals surface area contributed by atoms with Crippen LogP contribution in [0.3, 0.4) is 0 Å².